The second kappa shape index (κ2) is 22.2. The summed E-state index contributed by atoms with van der Waals surface area (Å²) in [6.45, 7) is 14.2. The van der Waals surface area contributed by atoms with Crippen molar-refractivity contribution in [3.8, 4) is 0 Å². The Morgan fingerprint density at radius 3 is 0.866 bits per heavy atom. The maximum absolute atomic E-state index is 12.3. The second-order valence-electron chi connectivity index (χ2n) is 15.6. The number of aromatic carboxylic acids is 2. The van der Waals surface area contributed by atoms with Crippen molar-refractivity contribution in [2.45, 2.75) is 77.5 Å². The first-order chi connectivity index (χ1) is 29.4. The molecule has 6 N–H and O–H groups in total. The molecule has 0 atom stereocenters. The summed E-state index contributed by atoms with van der Waals surface area (Å²) in [4.78, 5) is 90.7. The maximum atomic E-state index is 12.3. The minimum Gasteiger partial charge on any atom is -0.618 e. The van der Waals surface area contributed by atoms with Crippen molar-refractivity contribution in [3.63, 3.8) is 0 Å². The van der Waals surface area contributed by atoms with Crippen LogP contribution in [0.2, 0.25) is 0 Å². The van der Waals surface area contributed by atoms with Crippen LogP contribution in [0, 0.1) is 60.7 Å². The van der Waals surface area contributed by atoms with E-state index in [1.54, 1.807) is 104 Å². The maximum Gasteiger partial charge on any atom is 0.504 e. The molecule has 0 spiro atoms. The summed E-state index contributed by atoms with van der Waals surface area (Å²) in [5.74, 6) is -3.10. The third-order valence-corrected chi connectivity index (χ3v) is 10.8. The molecular weight excluding hydrogens is 943 g/mol. The van der Waals surface area contributed by atoms with Crippen LogP contribution in [0.4, 0.5) is 22.7 Å². The number of carbonyl (C=O) groups is 2. The first-order valence-corrected chi connectivity index (χ1v) is 18.2. The number of carbonyl (C=O) groups excluding carboxylic acids is 2. The number of pyridine rings is 2. The minimum absolute atomic E-state index is 0. The van der Waals surface area contributed by atoms with Crippen LogP contribution < -0.4 is 10.2 Å². The van der Waals surface area contributed by atoms with Gasteiger partial charge >= 0.3 is 11.7 Å². The van der Waals surface area contributed by atoms with Gasteiger partial charge in [0.05, 0.1) is 43.8 Å². The molecule has 0 aliphatic carbocycles. The number of aromatic nitrogens is 2. The van der Waals surface area contributed by atoms with Gasteiger partial charge in [-0.3, -0.25) is 50.4 Å². The van der Waals surface area contributed by atoms with E-state index >= 15 is 0 Å². The fraction of sp³-hybridized carbons (Fsp3) is 0.316. The monoisotopic (exact) mass is 987 g/mol. The molecule has 4 heterocycles. The number of hydrogen-bond acceptors (Lipinski definition) is 18. The zero-order chi connectivity index (χ0) is 48.9. The molecule has 2 aliphatic rings. The van der Waals surface area contributed by atoms with Gasteiger partial charge in [-0.05, 0) is 24.3 Å². The standard InChI is InChI=1S/2C12H16N3O2.2C7H4N2O6.Co.2H2O/c2*1-11(2)12(3,4)15(17)10(14(11)16)9-5-7-13-8-6-9;2*10-7(11)4-1-5(8(12)13)3-6(2-4)9(14)15;;;/h2*5-8H,1-4H3;2*1-3H,(H,10,11);;2*1H2/q2*+1;;;;;. The average Bonchev–Trinajstić information content (AvgIpc) is 3.44. The Bertz CT molecular complexity index is 2320. The molecular formula is C38H44CoN10O18+2. The molecule has 1 radical (unpaired) electrons. The van der Waals surface area contributed by atoms with Crippen molar-refractivity contribution >= 4 is 46.4 Å². The smallest absolute Gasteiger partial charge is 0.504 e. The molecule has 4 aromatic rings. The van der Waals surface area contributed by atoms with Crippen molar-refractivity contribution in [3.05, 3.63) is 168 Å². The van der Waals surface area contributed by atoms with Gasteiger partial charge in [-0.1, -0.05) is 0 Å². The van der Waals surface area contributed by atoms with Gasteiger partial charge in [0.25, 0.3) is 33.8 Å². The molecule has 67 heavy (non-hydrogen) atoms. The van der Waals surface area contributed by atoms with Crippen LogP contribution in [0.15, 0.2) is 85.5 Å². The van der Waals surface area contributed by atoms with E-state index in [1.165, 1.54) is 0 Å². The summed E-state index contributed by atoms with van der Waals surface area (Å²) in [6, 6.07) is 10.8. The Morgan fingerprint density at radius 1 is 0.478 bits per heavy atom. The fourth-order valence-electron chi connectivity index (χ4n) is 5.54. The number of nitro groups is 4. The first-order valence-electron chi connectivity index (χ1n) is 18.2. The third-order valence-electron chi connectivity index (χ3n) is 10.8. The van der Waals surface area contributed by atoms with Crippen LogP contribution in [0.3, 0.4) is 0 Å². The number of non-ortho nitro benzene ring substituents is 4. The van der Waals surface area contributed by atoms with Crippen LogP contribution >= 0.6 is 0 Å². The number of nitrogens with zero attached hydrogens (tertiary/aromatic N) is 10. The van der Waals surface area contributed by atoms with Gasteiger partial charge < -0.3 is 41.2 Å². The molecule has 29 heteroatoms. The number of nitro benzene ring substituents is 4. The van der Waals surface area contributed by atoms with Crippen LogP contribution in [0.1, 0.15) is 87.2 Å². The van der Waals surface area contributed by atoms with Gasteiger partial charge in [-0.25, -0.2) is 0 Å². The fourth-order valence-corrected chi connectivity index (χ4v) is 5.54. The zero-order valence-electron chi connectivity index (χ0n) is 36.6. The molecule has 2 aromatic carbocycles. The van der Waals surface area contributed by atoms with Gasteiger partial charge in [-0.15, -0.1) is 9.48 Å². The van der Waals surface area contributed by atoms with E-state index in [9.17, 15) is 80.5 Å². The molecule has 2 aromatic heterocycles. The van der Waals surface area contributed by atoms with Crippen molar-refractivity contribution < 1.29 is 86.2 Å². The van der Waals surface area contributed by atoms with Crippen LogP contribution in [0.25, 0.3) is 0 Å². The summed E-state index contributed by atoms with van der Waals surface area (Å²) in [6.07, 6.45) is 6.29. The van der Waals surface area contributed by atoms with E-state index in [-0.39, 0.29) is 39.4 Å². The van der Waals surface area contributed by atoms with Crippen LogP contribution in [-0.4, -0.2) is 94.4 Å². The summed E-state index contributed by atoms with van der Waals surface area (Å²) in [7, 11) is 0. The van der Waals surface area contributed by atoms with Crippen molar-refractivity contribution in [2.24, 2.45) is 0 Å². The summed E-state index contributed by atoms with van der Waals surface area (Å²) in [5, 5.41) is 86.6. The van der Waals surface area contributed by atoms with Crippen molar-refractivity contribution in [1.29, 1.82) is 0 Å². The van der Waals surface area contributed by atoms with Gasteiger partial charge in [0.2, 0.25) is 11.1 Å². The predicted octanol–water partition coefficient (Wildman–Crippen LogP) is 1.26. The van der Waals surface area contributed by atoms with Crippen molar-refractivity contribution in [1.82, 2.24) is 9.97 Å². The number of nitroso groups, excluding NO2 is 2. The van der Waals surface area contributed by atoms with E-state index in [4.69, 9.17) is 0 Å². The van der Waals surface area contributed by atoms with E-state index in [0.29, 0.717) is 47.5 Å². The van der Waals surface area contributed by atoms with Crippen molar-refractivity contribution in [2.75, 3.05) is 0 Å². The molecule has 0 unspecified atom stereocenters. The number of hydroxylamine groups is 2. The number of carboxylic acid groups (broad SMARTS) is 2. The largest absolute Gasteiger partial charge is 0.618 e. The second-order valence-corrected chi connectivity index (χ2v) is 15.6. The van der Waals surface area contributed by atoms with Gasteiger partial charge in [0.1, 0.15) is 20.6 Å². The SMILES string of the molecule is CC1(C)[N+](=O)C(c2ccncc2)=[N+]([O-])C1(C)C.CC1(C)[N+](=O)C(c2ccncc2)=[N+]([O-])C1(C)C.O=C([O-])c1cc([N+](=O)[O-])cc([N+](=O)[O-])c1.O=C([O-])c1cc([N+](=O)[O-])cc([N+](=O)[O-])c1.[Co].[OH3+].[OH3+]. The molecule has 6 rings (SSSR count). The van der Waals surface area contributed by atoms with E-state index in [0.717, 1.165) is 19.0 Å². The number of hydrogen-bond donors (Lipinski definition) is 0. The topological polar surface area (TPSA) is 437 Å². The summed E-state index contributed by atoms with van der Waals surface area (Å²) < 4.78 is 3.20. The van der Waals surface area contributed by atoms with E-state index in [2.05, 4.69) is 9.97 Å². The number of carboxylic acids is 2. The number of amidine groups is 2. The molecule has 28 nitrogen and oxygen atoms in total. The van der Waals surface area contributed by atoms with E-state index < -0.39 is 87.7 Å². The Hall–Kier alpha value is -8.15. The molecule has 0 saturated heterocycles. The normalized spacial score (nSPS) is 15.5. The molecule has 0 fully saturated rings. The zero-order valence-corrected chi connectivity index (χ0v) is 37.6. The molecule has 361 valence electrons. The summed E-state index contributed by atoms with van der Waals surface area (Å²) >= 11 is 0. The average molecular weight is 988 g/mol. The van der Waals surface area contributed by atoms with Gasteiger partial charge in [0.15, 0.2) is 0 Å². The Morgan fingerprint density at radius 2 is 0.701 bits per heavy atom. The Balaban J connectivity index is 0.000000856. The minimum atomic E-state index is -1.71. The third kappa shape index (κ3) is 12.2. The number of benzene rings is 2. The first kappa shape index (κ1) is 58.8. The van der Waals surface area contributed by atoms with E-state index in [1.807, 2.05) is 0 Å². The Labute approximate surface area is 387 Å². The molecule has 0 bridgehead atoms. The van der Waals surface area contributed by atoms with Gasteiger partial charge in [0, 0.05) is 142 Å². The number of rotatable bonds is 8. The van der Waals surface area contributed by atoms with Gasteiger partial charge in [-0.2, -0.15) is 0 Å². The molecule has 0 amide bonds. The summed E-state index contributed by atoms with van der Waals surface area (Å²) in [5.41, 5.74) is -5.74. The molecule has 2 aliphatic heterocycles. The molecule has 0 saturated carbocycles. The van der Waals surface area contributed by atoms with Crippen LogP contribution in [0.5, 0.6) is 0 Å². The Kier molecular flexibility index (Phi) is 19.5. The quantitative estimate of drug-likeness (QED) is 0.0788. The predicted molar refractivity (Wildman–Crippen MR) is 225 cm³/mol. The van der Waals surface area contributed by atoms with Crippen LogP contribution in [-0.2, 0) is 27.7 Å².